The molecule has 7 heteroatoms. The third-order valence-electron chi connectivity index (χ3n) is 4.98. The summed E-state index contributed by atoms with van der Waals surface area (Å²) in [6, 6.07) is 4.23. The molecule has 0 atom stereocenters. The fraction of sp³-hybridized carbons (Fsp3) is 0.647. The molecule has 24 heavy (non-hydrogen) atoms. The van der Waals surface area contributed by atoms with Crippen LogP contribution < -0.4 is 0 Å². The minimum Gasteiger partial charge on any atom is -0.481 e. The molecule has 0 bridgehead atoms. The Balaban J connectivity index is 1.38. The van der Waals surface area contributed by atoms with Crippen LogP contribution in [0.25, 0.3) is 0 Å². The van der Waals surface area contributed by atoms with Gasteiger partial charge in [0.2, 0.25) is 5.91 Å². The van der Waals surface area contributed by atoms with Gasteiger partial charge in [-0.2, -0.15) is 0 Å². The number of likely N-dealkylation sites (tertiary alicyclic amines) is 1. The molecular formula is C17H25N3O3S. The first-order chi connectivity index (χ1) is 11.6. The summed E-state index contributed by atoms with van der Waals surface area (Å²) in [5, 5.41) is 11.1. The van der Waals surface area contributed by atoms with Crippen molar-refractivity contribution < 1.29 is 14.7 Å². The zero-order valence-corrected chi connectivity index (χ0v) is 14.7. The molecule has 0 aliphatic carbocycles. The maximum Gasteiger partial charge on any atom is 0.306 e. The summed E-state index contributed by atoms with van der Waals surface area (Å²) in [4.78, 5) is 31.3. The minimum atomic E-state index is -0.706. The normalized spacial score (nSPS) is 21.1. The van der Waals surface area contributed by atoms with E-state index >= 15 is 0 Å². The van der Waals surface area contributed by atoms with Gasteiger partial charge in [0.15, 0.2) is 0 Å². The van der Waals surface area contributed by atoms with E-state index in [-0.39, 0.29) is 11.8 Å². The standard InChI is InChI=1S/C17H25N3O3S/c21-16(13-18-5-3-14(4-6-18)17(22)23)20-9-7-19(8-10-20)12-15-2-1-11-24-15/h1-2,11,14H,3-10,12-13H2,(H,22,23). The number of aliphatic carboxylic acids is 1. The smallest absolute Gasteiger partial charge is 0.306 e. The molecule has 0 spiro atoms. The van der Waals surface area contributed by atoms with Gasteiger partial charge in [-0.25, -0.2) is 0 Å². The lowest BCUT2D eigenvalue weighted by atomic mass is 9.97. The highest BCUT2D eigenvalue weighted by Crippen LogP contribution is 2.18. The molecule has 0 saturated carbocycles. The van der Waals surface area contributed by atoms with Gasteiger partial charge in [0.25, 0.3) is 0 Å². The Hall–Kier alpha value is -1.44. The number of piperazine rings is 1. The van der Waals surface area contributed by atoms with Gasteiger partial charge >= 0.3 is 5.97 Å². The summed E-state index contributed by atoms with van der Waals surface area (Å²) in [5.41, 5.74) is 0. The van der Waals surface area contributed by atoms with Crippen molar-refractivity contribution in [2.75, 3.05) is 45.8 Å². The first-order valence-corrected chi connectivity index (χ1v) is 9.47. The van der Waals surface area contributed by atoms with Crippen LogP contribution in [-0.4, -0.2) is 77.5 Å². The highest BCUT2D eigenvalue weighted by molar-refractivity contribution is 7.09. The summed E-state index contributed by atoms with van der Waals surface area (Å²) in [7, 11) is 0. The molecule has 2 fully saturated rings. The summed E-state index contributed by atoms with van der Waals surface area (Å²) in [6.45, 7) is 6.24. The average Bonchev–Trinajstić information content (AvgIpc) is 3.09. The van der Waals surface area contributed by atoms with Gasteiger partial charge in [0, 0.05) is 37.6 Å². The van der Waals surface area contributed by atoms with Crippen molar-refractivity contribution in [2.45, 2.75) is 19.4 Å². The lowest BCUT2D eigenvalue weighted by molar-refractivity contribution is -0.143. The Bertz CT molecular complexity index is 547. The van der Waals surface area contributed by atoms with Crippen molar-refractivity contribution in [1.82, 2.24) is 14.7 Å². The molecular weight excluding hydrogens is 326 g/mol. The van der Waals surface area contributed by atoms with Gasteiger partial charge in [-0.3, -0.25) is 19.4 Å². The second-order valence-corrected chi connectivity index (χ2v) is 7.66. The highest BCUT2D eigenvalue weighted by Gasteiger charge is 2.27. The van der Waals surface area contributed by atoms with Crippen LogP contribution in [0.15, 0.2) is 17.5 Å². The van der Waals surface area contributed by atoms with E-state index in [9.17, 15) is 9.59 Å². The molecule has 0 aromatic carbocycles. The number of thiophene rings is 1. The third-order valence-corrected chi connectivity index (χ3v) is 5.84. The summed E-state index contributed by atoms with van der Waals surface area (Å²) < 4.78 is 0. The van der Waals surface area contributed by atoms with E-state index in [1.165, 1.54) is 4.88 Å². The van der Waals surface area contributed by atoms with Crippen LogP contribution in [-0.2, 0) is 16.1 Å². The predicted molar refractivity (Wildman–Crippen MR) is 93.0 cm³/mol. The minimum absolute atomic E-state index is 0.180. The van der Waals surface area contributed by atoms with Crippen LogP contribution in [0.1, 0.15) is 17.7 Å². The van der Waals surface area contributed by atoms with Gasteiger partial charge in [-0.05, 0) is 37.4 Å². The zero-order valence-electron chi connectivity index (χ0n) is 13.9. The van der Waals surface area contributed by atoms with Crippen LogP contribution in [0.5, 0.6) is 0 Å². The molecule has 1 aromatic heterocycles. The number of carboxylic acid groups (broad SMARTS) is 1. The van der Waals surface area contributed by atoms with Crippen molar-refractivity contribution in [3.05, 3.63) is 22.4 Å². The topological polar surface area (TPSA) is 64.1 Å². The van der Waals surface area contributed by atoms with E-state index in [1.807, 2.05) is 4.90 Å². The zero-order chi connectivity index (χ0) is 16.9. The highest BCUT2D eigenvalue weighted by atomic mass is 32.1. The predicted octanol–water partition coefficient (Wildman–Crippen LogP) is 1.19. The number of nitrogens with zero attached hydrogens (tertiary/aromatic N) is 3. The maximum atomic E-state index is 12.5. The number of carboxylic acids is 1. The molecule has 1 N–H and O–H groups in total. The molecule has 2 saturated heterocycles. The van der Waals surface area contributed by atoms with Gasteiger partial charge in [0.1, 0.15) is 0 Å². The van der Waals surface area contributed by atoms with Crippen molar-refractivity contribution in [2.24, 2.45) is 5.92 Å². The molecule has 1 amide bonds. The van der Waals surface area contributed by atoms with Crippen molar-refractivity contribution in [3.63, 3.8) is 0 Å². The van der Waals surface area contributed by atoms with Crippen LogP contribution in [0.3, 0.4) is 0 Å². The fourth-order valence-electron chi connectivity index (χ4n) is 3.41. The van der Waals surface area contributed by atoms with E-state index in [1.54, 1.807) is 11.3 Å². The SMILES string of the molecule is O=C(O)C1CCN(CC(=O)N2CCN(Cc3cccs3)CC2)CC1. The molecule has 0 radical (unpaired) electrons. The largest absolute Gasteiger partial charge is 0.481 e. The van der Waals surface area contributed by atoms with Crippen LogP contribution in [0, 0.1) is 5.92 Å². The Kier molecular flexibility index (Phi) is 5.86. The van der Waals surface area contributed by atoms with Crippen molar-refractivity contribution in [3.8, 4) is 0 Å². The van der Waals surface area contributed by atoms with Crippen LogP contribution in [0.2, 0.25) is 0 Å². The molecule has 3 heterocycles. The number of rotatable bonds is 5. The Morgan fingerprint density at radius 3 is 2.38 bits per heavy atom. The van der Waals surface area contributed by atoms with E-state index in [2.05, 4.69) is 27.3 Å². The van der Waals surface area contributed by atoms with Crippen molar-refractivity contribution >= 4 is 23.2 Å². The number of piperidine rings is 1. The Morgan fingerprint density at radius 2 is 1.79 bits per heavy atom. The maximum absolute atomic E-state index is 12.5. The lowest BCUT2D eigenvalue weighted by Crippen LogP contribution is -2.51. The monoisotopic (exact) mass is 351 g/mol. The third kappa shape index (κ3) is 4.55. The lowest BCUT2D eigenvalue weighted by Gasteiger charge is -2.36. The van der Waals surface area contributed by atoms with Gasteiger partial charge in [-0.15, -0.1) is 11.3 Å². The second kappa shape index (κ2) is 8.09. The molecule has 132 valence electrons. The van der Waals surface area contributed by atoms with Crippen molar-refractivity contribution in [1.29, 1.82) is 0 Å². The number of hydrogen-bond donors (Lipinski definition) is 1. The summed E-state index contributed by atoms with van der Waals surface area (Å²) in [5.74, 6) is -0.764. The van der Waals surface area contributed by atoms with Gasteiger partial charge in [-0.1, -0.05) is 6.07 Å². The fourth-order valence-corrected chi connectivity index (χ4v) is 4.15. The second-order valence-electron chi connectivity index (χ2n) is 6.62. The molecule has 3 rings (SSSR count). The quantitative estimate of drug-likeness (QED) is 0.863. The van der Waals surface area contributed by atoms with E-state index in [0.717, 1.165) is 32.7 Å². The average molecular weight is 351 g/mol. The van der Waals surface area contributed by atoms with E-state index < -0.39 is 5.97 Å². The first kappa shape index (κ1) is 17.4. The van der Waals surface area contributed by atoms with E-state index in [0.29, 0.717) is 32.5 Å². The molecule has 2 aliphatic heterocycles. The number of carbonyl (C=O) groups is 2. The van der Waals surface area contributed by atoms with Crippen LogP contribution in [0.4, 0.5) is 0 Å². The summed E-state index contributed by atoms with van der Waals surface area (Å²) >= 11 is 1.78. The van der Waals surface area contributed by atoms with Crippen LogP contribution >= 0.6 is 11.3 Å². The van der Waals surface area contributed by atoms with Gasteiger partial charge < -0.3 is 10.0 Å². The Labute approximate surface area is 146 Å². The first-order valence-electron chi connectivity index (χ1n) is 8.59. The Morgan fingerprint density at radius 1 is 1.08 bits per heavy atom. The molecule has 2 aliphatic rings. The van der Waals surface area contributed by atoms with E-state index in [4.69, 9.17) is 5.11 Å². The molecule has 1 aromatic rings. The van der Waals surface area contributed by atoms with Gasteiger partial charge in [0.05, 0.1) is 12.5 Å². The number of hydrogen-bond acceptors (Lipinski definition) is 5. The number of carbonyl (C=O) groups excluding carboxylic acids is 1. The summed E-state index contributed by atoms with van der Waals surface area (Å²) in [6.07, 6.45) is 1.30. The number of amides is 1. The molecule has 0 unspecified atom stereocenters. The molecule has 6 nitrogen and oxygen atoms in total.